The number of aliphatic hydroxyl groups is 1. The van der Waals surface area contributed by atoms with E-state index in [1.807, 2.05) is 0 Å². The Labute approximate surface area is 312 Å². The molecule has 0 aromatic carbocycles. The minimum atomic E-state index is -0.763. The second kappa shape index (κ2) is 39.1. The van der Waals surface area contributed by atoms with E-state index in [0.29, 0.717) is 12.8 Å². The number of aliphatic hydroxyl groups excluding tert-OH is 1. The SMILES string of the molecule is CCC(C)CCCCCCCCCCCCCCCCC(=O)O[C@@H](CO)COC(=O)CCCCCCCCCCCCCCCCCC(C)C. The van der Waals surface area contributed by atoms with E-state index in [4.69, 9.17) is 9.47 Å². The largest absolute Gasteiger partial charge is 0.462 e. The van der Waals surface area contributed by atoms with Crippen molar-refractivity contribution >= 4 is 11.9 Å². The Hall–Kier alpha value is -1.10. The van der Waals surface area contributed by atoms with E-state index in [0.717, 1.165) is 43.9 Å². The summed E-state index contributed by atoms with van der Waals surface area (Å²) in [5.74, 6) is 1.18. The molecule has 0 aromatic heterocycles. The molecule has 0 fully saturated rings. The highest BCUT2D eigenvalue weighted by Gasteiger charge is 2.16. The summed E-state index contributed by atoms with van der Waals surface area (Å²) in [6.07, 6.45) is 41.6. The van der Waals surface area contributed by atoms with Gasteiger partial charge in [-0.25, -0.2) is 0 Å². The molecule has 298 valence electrons. The number of esters is 2. The predicted octanol–water partition coefficient (Wildman–Crippen LogP) is 14.0. The third-order valence-corrected chi connectivity index (χ3v) is 10.6. The summed E-state index contributed by atoms with van der Waals surface area (Å²) in [4.78, 5) is 24.3. The van der Waals surface area contributed by atoms with Gasteiger partial charge in [-0.1, -0.05) is 220 Å². The molecule has 2 atom stereocenters. The van der Waals surface area contributed by atoms with Gasteiger partial charge < -0.3 is 14.6 Å². The first-order valence-electron chi connectivity index (χ1n) is 22.3. The van der Waals surface area contributed by atoms with Gasteiger partial charge in [0.25, 0.3) is 0 Å². The maximum atomic E-state index is 12.2. The van der Waals surface area contributed by atoms with Crippen LogP contribution < -0.4 is 0 Å². The molecule has 0 aromatic rings. The van der Waals surface area contributed by atoms with Crippen LogP contribution in [0.1, 0.15) is 246 Å². The van der Waals surface area contributed by atoms with E-state index < -0.39 is 6.10 Å². The van der Waals surface area contributed by atoms with Gasteiger partial charge in [0.15, 0.2) is 6.10 Å². The van der Waals surface area contributed by atoms with E-state index in [1.165, 1.54) is 173 Å². The molecule has 0 aliphatic heterocycles. The molecule has 5 heteroatoms. The zero-order valence-electron chi connectivity index (χ0n) is 34.3. The van der Waals surface area contributed by atoms with Crippen molar-refractivity contribution in [2.75, 3.05) is 13.2 Å². The zero-order valence-corrected chi connectivity index (χ0v) is 34.3. The van der Waals surface area contributed by atoms with Crippen LogP contribution in [-0.2, 0) is 19.1 Å². The topological polar surface area (TPSA) is 72.8 Å². The van der Waals surface area contributed by atoms with Crippen molar-refractivity contribution in [3.05, 3.63) is 0 Å². The van der Waals surface area contributed by atoms with Gasteiger partial charge >= 0.3 is 11.9 Å². The third-order valence-electron chi connectivity index (χ3n) is 10.6. The third kappa shape index (κ3) is 38.1. The molecule has 0 spiro atoms. The Morgan fingerprint density at radius 2 is 0.780 bits per heavy atom. The summed E-state index contributed by atoms with van der Waals surface area (Å²) in [6.45, 7) is 8.93. The van der Waals surface area contributed by atoms with Crippen LogP contribution in [-0.4, -0.2) is 36.4 Å². The average molecular weight is 709 g/mol. The van der Waals surface area contributed by atoms with Gasteiger partial charge in [-0.2, -0.15) is 0 Å². The van der Waals surface area contributed by atoms with E-state index in [9.17, 15) is 14.7 Å². The van der Waals surface area contributed by atoms with Crippen molar-refractivity contribution in [1.82, 2.24) is 0 Å². The summed E-state index contributed by atoms with van der Waals surface area (Å²) >= 11 is 0. The van der Waals surface area contributed by atoms with Gasteiger partial charge in [-0.3, -0.25) is 9.59 Å². The predicted molar refractivity (Wildman–Crippen MR) is 215 cm³/mol. The van der Waals surface area contributed by atoms with Gasteiger partial charge in [0.05, 0.1) is 6.61 Å². The molecule has 1 N–H and O–H groups in total. The Balaban J connectivity index is 3.47. The Morgan fingerprint density at radius 1 is 0.460 bits per heavy atom. The van der Waals surface area contributed by atoms with Crippen LogP contribution in [0.5, 0.6) is 0 Å². The first kappa shape index (κ1) is 48.9. The lowest BCUT2D eigenvalue weighted by molar-refractivity contribution is -0.161. The molecule has 0 heterocycles. The smallest absolute Gasteiger partial charge is 0.306 e. The van der Waals surface area contributed by atoms with Crippen molar-refractivity contribution < 1.29 is 24.2 Å². The van der Waals surface area contributed by atoms with E-state index in [1.54, 1.807) is 0 Å². The van der Waals surface area contributed by atoms with Crippen LogP contribution in [0.15, 0.2) is 0 Å². The fraction of sp³-hybridized carbons (Fsp3) is 0.956. The van der Waals surface area contributed by atoms with Crippen molar-refractivity contribution in [1.29, 1.82) is 0 Å². The average Bonchev–Trinajstić information content (AvgIpc) is 3.10. The van der Waals surface area contributed by atoms with Gasteiger partial charge in [0.2, 0.25) is 0 Å². The van der Waals surface area contributed by atoms with Gasteiger partial charge in [0.1, 0.15) is 6.61 Å². The molecule has 50 heavy (non-hydrogen) atoms. The second-order valence-corrected chi connectivity index (χ2v) is 16.2. The lowest BCUT2D eigenvalue weighted by Gasteiger charge is -2.15. The molecule has 0 saturated carbocycles. The molecular weight excluding hydrogens is 620 g/mol. The quantitative estimate of drug-likeness (QED) is 0.0507. The fourth-order valence-corrected chi connectivity index (χ4v) is 6.83. The Bertz CT molecular complexity index is 708. The number of hydrogen-bond donors (Lipinski definition) is 1. The van der Waals surface area contributed by atoms with Gasteiger partial charge in [-0.15, -0.1) is 0 Å². The van der Waals surface area contributed by atoms with Crippen LogP contribution in [0.3, 0.4) is 0 Å². The van der Waals surface area contributed by atoms with Gasteiger partial charge in [-0.05, 0) is 24.7 Å². The molecule has 0 rings (SSSR count). The van der Waals surface area contributed by atoms with Crippen molar-refractivity contribution in [3.8, 4) is 0 Å². The number of rotatable bonds is 40. The Kier molecular flexibility index (Phi) is 38.3. The summed E-state index contributed by atoms with van der Waals surface area (Å²) in [5, 5.41) is 9.59. The molecule has 5 nitrogen and oxygen atoms in total. The minimum absolute atomic E-state index is 0.0578. The van der Waals surface area contributed by atoms with Crippen LogP contribution >= 0.6 is 0 Å². The van der Waals surface area contributed by atoms with Crippen molar-refractivity contribution in [2.45, 2.75) is 252 Å². The van der Waals surface area contributed by atoms with Crippen LogP contribution in [0.4, 0.5) is 0 Å². The van der Waals surface area contributed by atoms with Crippen LogP contribution in [0, 0.1) is 11.8 Å². The van der Waals surface area contributed by atoms with E-state index >= 15 is 0 Å². The summed E-state index contributed by atoms with van der Waals surface area (Å²) < 4.78 is 10.7. The van der Waals surface area contributed by atoms with Crippen LogP contribution in [0.25, 0.3) is 0 Å². The lowest BCUT2D eigenvalue weighted by atomic mass is 9.99. The lowest BCUT2D eigenvalue weighted by Crippen LogP contribution is -2.28. The monoisotopic (exact) mass is 709 g/mol. The van der Waals surface area contributed by atoms with Crippen molar-refractivity contribution in [3.63, 3.8) is 0 Å². The standard InChI is InChI=1S/C45H88O5/c1-5-42(4)36-32-28-24-20-16-12-9-10-14-18-22-26-30-34-38-45(48)50-43(39-46)40-49-44(47)37-33-29-25-21-17-13-8-6-7-11-15-19-23-27-31-35-41(2)3/h41-43,46H,5-40H2,1-4H3/t42?,43-/m0/s1. The molecule has 1 unspecified atom stereocenters. The second-order valence-electron chi connectivity index (χ2n) is 16.2. The van der Waals surface area contributed by atoms with Crippen LogP contribution in [0.2, 0.25) is 0 Å². The molecule has 0 radical (unpaired) electrons. The first-order chi connectivity index (χ1) is 24.4. The highest BCUT2D eigenvalue weighted by Crippen LogP contribution is 2.17. The molecule has 0 bridgehead atoms. The minimum Gasteiger partial charge on any atom is -0.462 e. The van der Waals surface area contributed by atoms with E-state index in [-0.39, 0.29) is 25.2 Å². The van der Waals surface area contributed by atoms with Gasteiger partial charge in [0, 0.05) is 12.8 Å². The molecular formula is C45H88O5. The van der Waals surface area contributed by atoms with E-state index in [2.05, 4.69) is 27.7 Å². The number of ether oxygens (including phenoxy) is 2. The Morgan fingerprint density at radius 3 is 1.12 bits per heavy atom. The highest BCUT2D eigenvalue weighted by atomic mass is 16.6. The normalized spacial score (nSPS) is 12.8. The molecule has 0 saturated heterocycles. The molecule has 0 aliphatic rings. The number of carbonyl (C=O) groups excluding carboxylic acids is 2. The first-order valence-corrected chi connectivity index (χ1v) is 22.3. The maximum absolute atomic E-state index is 12.2. The zero-order chi connectivity index (χ0) is 36.8. The summed E-state index contributed by atoms with van der Waals surface area (Å²) in [5.41, 5.74) is 0. The number of carbonyl (C=O) groups is 2. The number of hydrogen-bond acceptors (Lipinski definition) is 5. The summed E-state index contributed by atoms with van der Waals surface area (Å²) in [7, 11) is 0. The van der Waals surface area contributed by atoms with Crippen molar-refractivity contribution in [2.24, 2.45) is 11.8 Å². The molecule has 0 amide bonds. The number of unbranched alkanes of at least 4 members (excludes halogenated alkanes) is 27. The maximum Gasteiger partial charge on any atom is 0.306 e. The highest BCUT2D eigenvalue weighted by molar-refractivity contribution is 5.70. The summed E-state index contributed by atoms with van der Waals surface area (Å²) in [6, 6.07) is 0. The fourth-order valence-electron chi connectivity index (χ4n) is 6.83. The molecule has 0 aliphatic carbocycles.